The lowest BCUT2D eigenvalue weighted by molar-refractivity contribution is -0.121. The van der Waals surface area contributed by atoms with Crippen molar-refractivity contribution in [1.29, 1.82) is 0 Å². The van der Waals surface area contributed by atoms with Crippen LogP contribution in [0, 0.1) is 6.92 Å². The van der Waals surface area contributed by atoms with E-state index in [9.17, 15) is 4.79 Å². The molecule has 2 aromatic rings. The Kier molecular flexibility index (Phi) is 4.06. The van der Waals surface area contributed by atoms with Crippen LogP contribution in [0.2, 0.25) is 0 Å². The topological polar surface area (TPSA) is 80.3 Å². The summed E-state index contributed by atoms with van der Waals surface area (Å²) in [4.78, 5) is 16.4. The van der Waals surface area contributed by atoms with E-state index >= 15 is 0 Å². The highest BCUT2D eigenvalue weighted by Gasteiger charge is 2.19. The van der Waals surface area contributed by atoms with E-state index in [2.05, 4.69) is 15.6 Å². The molecule has 1 amide bonds. The van der Waals surface area contributed by atoms with Crippen LogP contribution in [0.25, 0.3) is 11.7 Å². The van der Waals surface area contributed by atoms with Gasteiger partial charge in [0, 0.05) is 12.6 Å². The summed E-state index contributed by atoms with van der Waals surface area (Å²) in [7, 11) is 0. The molecule has 0 spiro atoms. The Hall–Kier alpha value is -2.08. The van der Waals surface area contributed by atoms with E-state index in [-0.39, 0.29) is 18.4 Å². The van der Waals surface area contributed by atoms with Gasteiger partial charge in [0.2, 0.25) is 5.91 Å². The molecule has 112 valence electrons. The number of hydrogen-bond acceptors (Lipinski definition) is 5. The first-order chi connectivity index (χ1) is 10.2. The van der Waals surface area contributed by atoms with Crippen LogP contribution in [0.15, 0.2) is 27.2 Å². The third-order valence-corrected chi connectivity index (χ3v) is 3.61. The molecule has 0 unspecified atom stereocenters. The quantitative estimate of drug-likeness (QED) is 0.894. The summed E-state index contributed by atoms with van der Waals surface area (Å²) in [5, 5.41) is 6.31. The van der Waals surface area contributed by atoms with Crippen molar-refractivity contribution in [3.63, 3.8) is 0 Å². The maximum Gasteiger partial charge on any atom is 0.263 e. The van der Waals surface area contributed by atoms with E-state index < -0.39 is 0 Å². The van der Waals surface area contributed by atoms with E-state index in [1.54, 1.807) is 18.4 Å². The average molecular weight is 289 g/mol. The van der Waals surface area contributed by atoms with Gasteiger partial charge in [-0.2, -0.15) is 0 Å². The summed E-state index contributed by atoms with van der Waals surface area (Å²) in [6.07, 6.45) is 3.91. The Morgan fingerprint density at radius 3 is 3.19 bits per heavy atom. The molecule has 1 aliphatic heterocycles. The van der Waals surface area contributed by atoms with Crippen molar-refractivity contribution in [3.05, 3.63) is 29.9 Å². The highest BCUT2D eigenvalue weighted by atomic mass is 16.4. The molecule has 0 bridgehead atoms. The lowest BCUT2D eigenvalue weighted by Gasteiger charge is -2.23. The molecule has 1 aliphatic rings. The number of nitrogens with zero attached hydrogens (tertiary/aromatic N) is 1. The number of aromatic nitrogens is 1. The first-order valence-corrected chi connectivity index (χ1v) is 7.22. The van der Waals surface area contributed by atoms with Crippen molar-refractivity contribution in [2.24, 2.45) is 0 Å². The third kappa shape index (κ3) is 3.33. The number of amides is 1. The van der Waals surface area contributed by atoms with E-state index in [0.717, 1.165) is 25.9 Å². The molecule has 0 aromatic carbocycles. The van der Waals surface area contributed by atoms with Gasteiger partial charge in [-0.15, -0.1) is 0 Å². The van der Waals surface area contributed by atoms with Crippen molar-refractivity contribution in [2.45, 2.75) is 32.2 Å². The number of piperidine rings is 1. The number of rotatable bonds is 4. The molecule has 6 nitrogen and oxygen atoms in total. The second-order valence-corrected chi connectivity index (χ2v) is 5.29. The van der Waals surface area contributed by atoms with Gasteiger partial charge in [-0.1, -0.05) is 0 Å². The number of hydrogen-bond donors (Lipinski definition) is 2. The minimum Gasteiger partial charge on any atom is -0.459 e. The Morgan fingerprint density at radius 1 is 1.57 bits per heavy atom. The summed E-state index contributed by atoms with van der Waals surface area (Å²) in [5.41, 5.74) is 0.655. The summed E-state index contributed by atoms with van der Waals surface area (Å²) in [6.45, 7) is 3.67. The van der Waals surface area contributed by atoms with Crippen molar-refractivity contribution >= 4 is 5.91 Å². The molecule has 0 radical (unpaired) electrons. The minimum atomic E-state index is -0.0221. The zero-order valence-corrected chi connectivity index (χ0v) is 12.0. The third-order valence-electron chi connectivity index (χ3n) is 3.61. The standard InChI is InChI=1S/C15H19N3O3/c1-10-12(18-15(21-10)13-5-3-7-20-13)8-14(19)17-11-4-2-6-16-9-11/h3,5,7,11,16H,2,4,6,8-9H2,1H3,(H,17,19)/t11-/m0/s1. The van der Waals surface area contributed by atoms with Gasteiger partial charge in [-0.25, -0.2) is 4.98 Å². The molecule has 1 saturated heterocycles. The van der Waals surface area contributed by atoms with Crippen molar-refractivity contribution in [2.75, 3.05) is 13.1 Å². The van der Waals surface area contributed by atoms with Crippen LogP contribution < -0.4 is 10.6 Å². The zero-order chi connectivity index (χ0) is 14.7. The molecule has 1 fully saturated rings. The molecule has 2 aromatic heterocycles. The maximum atomic E-state index is 12.1. The van der Waals surface area contributed by atoms with Crippen LogP contribution in [0.1, 0.15) is 24.3 Å². The van der Waals surface area contributed by atoms with Gasteiger partial charge in [0.15, 0.2) is 5.76 Å². The molecule has 0 saturated carbocycles. The van der Waals surface area contributed by atoms with E-state index in [4.69, 9.17) is 8.83 Å². The second kappa shape index (κ2) is 6.13. The largest absolute Gasteiger partial charge is 0.459 e. The number of furan rings is 1. The molecule has 21 heavy (non-hydrogen) atoms. The number of carbonyl (C=O) groups excluding carboxylic acids is 1. The molecule has 1 atom stereocenters. The Bertz CT molecular complexity index is 598. The van der Waals surface area contributed by atoms with Crippen LogP contribution in [0.4, 0.5) is 0 Å². The number of aryl methyl sites for hydroxylation is 1. The van der Waals surface area contributed by atoms with Gasteiger partial charge in [-0.05, 0) is 38.4 Å². The number of oxazole rings is 1. The smallest absolute Gasteiger partial charge is 0.263 e. The summed E-state index contributed by atoms with van der Waals surface area (Å²) >= 11 is 0. The first kappa shape index (κ1) is 13.9. The summed E-state index contributed by atoms with van der Waals surface area (Å²) in [5.74, 6) is 1.62. The molecule has 3 rings (SSSR count). The van der Waals surface area contributed by atoms with Gasteiger partial charge in [0.1, 0.15) is 5.76 Å². The Balaban J connectivity index is 1.63. The van der Waals surface area contributed by atoms with Crippen LogP contribution in [0.3, 0.4) is 0 Å². The van der Waals surface area contributed by atoms with Crippen molar-refractivity contribution in [1.82, 2.24) is 15.6 Å². The highest BCUT2D eigenvalue weighted by Crippen LogP contribution is 2.22. The monoisotopic (exact) mass is 289 g/mol. The zero-order valence-electron chi connectivity index (χ0n) is 12.0. The number of carbonyl (C=O) groups is 1. The second-order valence-electron chi connectivity index (χ2n) is 5.29. The summed E-state index contributed by atoms with van der Waals surface area (Å²) in [6, 6.07) is 3.77. The van der Waals surface area contributed by atoms with Gasteiger partial charge in [0.25, 0.3) is 5.89 Å². The highest BCUT2D eigenvalue weighted by molar-refractivity contribution is 5.78. The van der Waals surface area contributed by atoms with Gasteiger partial charge in [0.05, 0.1) is 18.4 Å². The predicted molar refractivity (Wildman–Crippen MR) is 76.7 cm³/mol. The van der Waals surface area contributed by atoms with Gasteiger partial charge < -0.3 is 19.5 Å². The number of nitrogens with one attached hydrogen (secondary N) is 2. The van der Waals surface area contributed by atoms with E-state index in [0.29, 0.717) is 23.1 Å². The van der Waals surface area contributed by atoms with Crippen molar-refractivity contribution < 1.29 is 13.6 Å². The molecule has 6 heteroatoms. The lowest BCUT2D eigenvalue weighted by Crippen LogP contribution is -2.46. The molecular formula is C15H19N3O3. The SMILES string of the molecule is Cc1oc(-c2ccco2)nc1CC(=O)N[C@H]1CCCNC1. The fourth-order valence-electron chi connectivity index (χ4n) is 2.50. The molecule has 0 aliphatic carbocycles. The van der Waals surface area contributed by atoms with Gasteiger partial charge in [-0.3, -0.25) is 4.79 Å². The van der Waals surface area contributed by atoms with E-state index in [1.165, 1.54) is 0 Å². The minimum absolute atomic E-state index is 0.0221. The normalized spacial score (nSPS) is 18.6. The average Bonchev–Trinajstić information content (AvgIpc) is 3.10. The fraction of sp³-hybridized carbons (Fsp3) is 0.467. The molecule has 3 heterocycles. The van der Waals surface area contributed by atoms with E-state index in [1.807, 2.05) is 6.92 Å². The van der Waals surface area contributed by atoms with Crippen LogP contribution in [-0.2, 0) is 11.2 Å². The fourth-order valence-corrected chi connectivity index (χ4v) is 2.50. The Morgan fingerprint density at radius 2 is 2.48 bits per heavy atom. The van der Waals surface area contributed by atoms with Crippen LogP contribution in [-0.4, -0.2) is 30.0 Å². The van der Waals surface area contributed by atoms with Crippen LogP contribution >= 0.6 is 0 Å². The maximum absolute atomic E-state index is 12.1. The molecule has 2 N–H and O–H groups in total. The first-order valence-electron chi connectivity index (χ1n) is 7.22. The summed E-state index contributed by atoms with van der Waals surface area (Å²) < 4.78 is 10.8. The molecular weight excluding hydrogens is 270 g/mol. The van der Waals surface area contributed by atoms with Crippen LogP contribution in [0.5, 0.6) is 0 Å². The Labute approximate surface area is 122 Å². The van der Waals surface area contributed by atoms with Gasteiger partial charge >= 0.3 is 0 Å². The van der Waals surface area contributed by atoms with Crippen molar-refractivity contribution in [3.8, 4) is 11.7 Å². The predicted octanol–water partition coefficient (Wildman–Crippen LogP) is 1.65. The lowest BCUT2D eigenvalue weighted by atomic mass is 10.1.